The van der Waals surface area contributed by atoms with Gasteiger partial charge in [-0.25, -0.2) is 21.6 Å². The van der Waals surface area contributed by atoms with Crippen LogP contribution >= 0.6 is 0 Å². The van der Waals surface area contributed by atoms with Gasteiger partial charge < -0.3 is 5.11 Å². The van der Waals surface area contributed by atoms with Crippen molar-refractivity contribution in [1.29, 1.82) is 0 Å². The maximum atomic E-state index is 13.3. The van der Waals surface area contributed by atoms with Crippen molar-refractivity contribution >= 4 is 39.0 Å². The summed E-state index contributed by atoms with van der Waals surface area (Å²) in [6, 6.07) is 24.7. The van der Waals surface area contributed by atoms with E-state index in [1.807, 2.05) is 19.1 Å². The van der Waals surface area contributed by atoms with Crippen LogP contribution in [0.3, 0.4) is 0 Å². The third-order valence-corrected chi connectivity index (χ3v) is 7.88. The topological polar surface area (TPSA) is 76.4 Å². The first-order valence-electron chi connectivity index (χ1n) is 11.5. The van der Waals surface area contributed by atoms with Crippen LogP contribution in [0, 0.1) is 12.7 Å². The Morgan fingerprint density at radius 3 is 2.24 bits per heavy atom. The van der Waals surface area contributed by atoms with Gasteiger partial charge in [0.15, 0.2) is 0 Å². The Bertz CT molecular complexity index is 1770. The molecule has 5 aromatic rings. The zero-order valence-corrected chi connectivity index (χ0v) is 20.6. The van der Waals surface area contributed by atoms with Crippen LogP contribution in [0.4, 0.5) is 4.39 Å². The lowest BCUT2D eigenvalue weighted by Gasteiger charge is -2.09. The maximum absolute atomic E-state index is 13.3. The molecule has 0 unspecified atom stereocenters. The number of hydrogen-bond donors (Lipinski definition) is 1. The minimum atomic E-state index is -3.79. The Labute approximate surface area is 213 Å². The van der Waals surface area contributed by atoms with Crippen LogP contribution in [0.5, 0.6) is 0 Å². The molecule has 5 rings (SSSR count). The number of aryl methyl sites for hydroxylation is 1. The number of rotatable bonds is 6. The standard InChI is InChI=1S/C30H22FNO4S/c1-20-2-13-27(14-3-20)37(35,36)32-17-16-23-6-4-21(18-29(23)32)5-7-25-19-24(10-15-28(25)30(33)34)22-8-11-26(31)12-9-22/h2-19H,1H3,(H,33,34)/b7-5+. The second kappa shape index (κ2) is 9.52. The van der Waals surface area contributed by atoms with Crippen molar-refractivity contribution in [3.63, 3.8) is 0 Å². The number of carboxylic acids is 1. The summed E-state index contributed by atoms with van der Waals surface area (Å²) in [5.74, 6) is -1.42. The van der Waals surface area contributed by atoms with Crippen molar-refractivity contribution in [1.82, 2.24) is 3.97 Å². The molecule has 1 heterocycles. The van der Waals surface area contributed by atoms with Gasteiger partial charge in [-0.05, 0) is 77.7 Å². The van der Waals surface area contributed by atoms with E-state index < -0.39 is 16.0 Å². The van der Waals surface area contributed by atoms with Gasteiger partial charge in [-0.15, -0.1) is 0 Å². The zero-order valence-electron chi connectivity index (χ0n) is 19.8. The lowest BCUT2D eigenvalue weighted by molar-refractivity contribution is 0.0696. The molecule has 0 bridgehead atoms. The molecule has 37 heavy (non-hydrogen) atoms. The Kier molecular flexibility index (Phi) is 6.23. The summed E-state index contributed by atoms with van der Waals surface area (Å²) in [5.41, 5.74) is 4.28. The number of hydrogen-bond acceptors (Lipinski definition) is 3. The average Bonchev–Trinajstić information content (AvgIpc) is 3.32. The molecule has 0 fully saturated rings. The molecule has 4 aromatic carbocycles. The van der Waals surface area contributed by atoms with E-state index in [2.05, 4.69) is 0 Å². The number of carbonyl (C=O) groups is 1. The molecule has 0 aliphatic heterocycles. The Hall–Kier alpha value is -4.49. The fourth-order valence-electron chi connectivity index (χ4n) is 4.16. The second-order valence-corrected chi connectivity index (χ2v) is 10.5. The molecule has 0 spiro atoms. The number of nitrogens with zero attached hydrogens (tertiary/aromatic N) is 1. The summed E-state index contributed by atoms with van der Waals surface area (Å²) in [6.07, 6.45) is 4.95. The van der Waals surface area contributed by atoms with Gasteiger partial charge in [-0.3, -0.25) is 0 Å². The molecule has 1 aromatic heterocycles. The second-order valence-electron chi connectivity index (χ2n) is 8.70. The van der Waals surface area contributed by atoms with Gasteiger partial charge in [0.2, 0.25) is 0 Å². The molecule has 0 amide bonds. The lowest BCUT2D eigenvalue weighted by Crippen LogP contribution is -2.11. The molecule has 0 saturated heterocycles. The van der Waals surface area contributed by atoms with Gasteiger partial charge in [0.25, 0.3) is 10.0 Å². The molecule has 7 heteroatoms. The minimum absolute atomic E-state index is 0.119. The zero-order chi connectivity index (χ0) is 26.2. The first-order valence-corrected chi connectivity index (χ1v) is 12.9. The Balaban J connectivity index is 1.54. The van der Waals surface area contributed by atoms with Gasteiger partial charge in [-0.2, -0.15) is 0 Å². The number of fused-ring (bicyclic) bond motifs is 1. The van der Waals surface area contributed by atoms with E-state index in [-0.39, 0.29) is 16.3 Å². The molecular formula is C30H22FNO4S. The van der Waals surface area contributed by atoms with Crippen molar-refractivity contribution in [3.05, 3.63) is 125 Å². The molecule has 0 radical (unpaired) electrons. The number of halogens is 1. The first kappa shape index (κ1) is 24.2. The minimum Gasteiger partial charge on any atom is -0.478 e. The molecule has 0 aliphatic rings. The Morgan fingerprint density at radius 1 is 0.838 bits per heavy atom. The number of aromatic carboxylic acids is 1. The number of aromatic nitrogens is 1. The predicted octanol–water partition coefficient (Wildman–Crippen LogP) is 6.86. The fourth-order valence-corrected chi connectivity index (χ4v) is 5.51. The van der Waals surface area contributed by atoms with Crippen molar-refractivity contribution in [2.75, 3.05) is 0 Å². The number of carboxylic acid groups (broad SMARTS) is 1. The lowest BCUT2D eigenvalue weighted by atomic mass is 9.98. The molecule has 184 valence electrons. The van der Waals surface area contributed by atoms with Crippen molar-refractivity contribution in [2.45, 2.75) is 11.8 Å². The van der Waals surface area contributed by atoms with Crippen LogP contribution in [-0.2, 0) is 10.0 Å². The van der Waals surface area contributed by atoms with Crippen LogP contribution in [0.25, 0.3) is 34.2 Å². The summed E-state index contributed by atoms with van der Waals surface area (Å²) >= 11 is 0. The van der Waals surface area contributed by atoms with Crippen molar-refractivity contribution in [2.24, 2.45) is 0 Å². The van der Waals surface area contributed by atoms with E-state index in [1.54, 1.807) is 72.8 Å². The Morgan fingerprint density at radius 2 is 1.54 bits per heavy atom. The van der Waals surface area contributed by atoms with E-state index in [4.69, 9.17) is 0 Å². The summed E-state index contributed by atoms with van der Waals surface area (Å²) in [7, 11) is -3.79. The van der Waals surface area contributed by atoms with E-state index in [0.717, 1.165) is 22.1 Å². The third-order valence-electron chi connectivity index (χ3n) is 6.17. The highest BCUT2D eigenvalue weighted by atomic mass is 32.2. The van der Waals surface area contributed by atoms with E-state index in [0.29, 0.717) is 16.6 Å². The molecule has 0 aliphatic carbocycles. The van der Waals surface area contributed by atoms with E-state index >= 15 is 0 Å². The molecule has 5 nitrogen and oxygen atoms in total. The van der Waals surface area contributed by atoms with Crippen LogP contribution in [0.15, 0.2) is 102 Å². The molecule has 0 saturated carbocycles. The SMILES string of the molecule is Cc1ccc(S(=O)(=O)n2ccc3ccc(/C=C/c4cc(-c5ccc(F)cc5)ccc4C(=O)O)cc32)cc1. The van der Waals surface area contributed by atoms with E-state index in [1.165, 1.54) is 28.4 Å². The van der Waals surface area contributed by atoms with Gasteiger partial charge in [0, 0.05) is 11.6 Å². The molecule has 0 atom stereocenters. The van der Waals surface area contributed by atoms with Crippen molar-refractivity contribution < 1.29 is 22.7 Å². The predicted molar refractivity (Wildman–Crippen MR) is 143 cm³/mol. The summed E-state index contributed by atoms with van der Waals surface area (Å²) < 4.78 is 41.1. The van der Waals surface area contributed by atoms with Gasteiger partial charge in [0.1, 0.15) is 5.82 Å². The van der Waals surface area contributed by atoms with Gasteiger partial charge in [0.05, 0.1) is 16.0 Å². The highest BCUT2D eigenvalue weighted by molar-refractivity contribution is 7.90. The van der Waals surface area contributed by atoms with E-state index in [9.17, 15) is 22.7 Å². The quantitative estimate of drug-likeness (QED) is 0.253. The summed E-state index contributed by atoms with van der Waals surface area (Å²) in [5, 5.41) is 10.4. The molecular weight excluding hydrogens is 489 g/mol. The monoisotopic (exact) mass is 511 g/mol. The molecule has 1 N–H and O–H groups in total. The summed E-state index contributed by atoms with van der Waals surface area (Å²) in [6.45, 7) is 1.89. The maximum Gasteiger partial charge on any atom is 0.336 e. The van der Waals surface area contributed by atoms with Gasteiger partial charge >= 0.3 is 5.97 Å². The van der Waals surface area contributed by atoms with Gasteiger partial charge in [-0.1, -0.05) is 60.2 Å². The smallest absolute Gasteiger partial charge is 0.336 e. The summed E-state index contributed by atoms with van der Waals surface area (Å²) in [4.78, 5) is 12.0. The fraction of sp³-hybridized carbons (Fsp3) is 0.0333. The number of benzene rings is 4. The first-order chi connectivity index (χ1) is 17.7. The highest BCUT2D eigenvalue weighted by Crippen LogP contribution is 2.27. The largest absolute Gasteiger partial charge is 0.478 e. The van der Waals surface area contributed by atoms with Crippen LogP contribution < -0.4 is 0 Å². The van der Waals surface area contributed by atoms with Crippen LogP contribution in [0.1, 0.15) is 27.0 Å². The normalized spacial score (nSPS) is 11.8. The third kappa shape index (κ3) is 4.81. The van der Waals surface area contributed by atoms with Crippen LogP contribution in [-0.4, -0.2) is 23.5 Å². The van der Waals surface area contributed by atoms with Crippen molar-refractivity contribution in [3.8, 4) is 11.1 Å². The van der Waals surface area contributed by atoms with Crippen LogP contribution in [0.2, 0.25) is 0 Å². The highest BCUT2D eigenvalue weighted by Gasteiger charge is 2.19. The average molecular weight is 512 g/mol.